The molecule has 8 N–H and O–H groups in total. The molecule has 0 saturated carbocycles. The summed E-state index contributed by atoms with van der Waals surface area (Å²) >= 11 is 0. The van der Waals surface area contributed by atoms with E-state index in [9.17, 15) is 14.4 Å². The summed E-state index contributed by atoms with van der Waals surface area (Å²) in [4.78, 5) is 32.4. The summed E-state index contributed by atoms with van der Waals surface area (Å²) in [7, 11) is 0. The molecule has 0 spiro atoms. The minimum atomic E-state index is -1.03. The minimum absolute atomic E-state index is 0.0715. The zero-order chi connectivity index (χ0) is 14.8. The van der Waals surface area contributed by atoms with E-state index in [1.54, 1.807) is 0 Å². The second-order valence-corrected chi connectivity index (χ2v) is 4.34. The van der Waals surface area contributed by atoms with Crippen molar-refractivity contribution in [3.05, 3.63) is 0 Å². The zero-order valence-corrected chi connectivity index (χ0v) is 10.8. The fourth-order valence-electron chi connectivity index (χ4n) is 1.38. The Kier molecular flexibility index (Phi) is 8.47. The maximum Gasteiger partial charge on any atom is 0.320 e. The maximum absolute atomic E-state index is 11.5. The Labute approximate surface area is 111 Å². The third-order valence-corrected chi connectivity index (χ3v) is 2.60. The van der Waals surface area contributed by atoms with Gasteiger partial charge in [0.1, 0.15) is 6.04 Å². The molecule has 110 valence electrons. The van der Waals surface area contributed by atoms with Crippen LogP contribution in [0.2, 0.25) is 0 Å². The van der Waals surface area contributed by atoms with Crippen LogP contribution in [0, 0.1) is 0 Å². The molecule has 0 aromatic heterocycles. The van der Waals surface area contributed by atoms with E-state index >= 15 is 0 Å². The van der Waals surface area contributed by atoms with Gasteiger partial charge in [0.25, 0.3) is 0 Å². The Balaban J connectivity index is 3.63. The number of nitrogens with two attached hydrogens (primary N) is 3. The number of amides is 2. The van der Waals surface area contributed by atoms with E-state index in [0.29, 0.717) is 25.8 Å². The molecule has 0 aromatic rings. The highest BCUT2D eigenvalue weighted by Crippen LogP contribution is 1.99. The third kappa shape index (κ3) is 8.97. The Morgan fingerprint density at radius 2 is 1.68 bits per heavy atom. The highest BCUT2D eigenvalue weighted by Gasteiger charge is 2.14. The molecule has 0 radical (unpaired) electrons. The van der Waals surface area contributed by atoms with Gasteiger partial charge in [0.15, 0.2) is 0 Å². The lowest BCUT2D eigenvalue weighted by Crippen LogP contribution is -2.41. The van der Waals surface area contributed by atoms with E-state index in [1.807, 2.05) is 0 Å². The Bertz CT molecular complexity index is 322. The highest BCUT2D eigenvalue weighted by atomic mass is 16.4. The first-order valence-corrected chi connectivity index (χ1v) is 6.14. The zero-order valence-electron chi connectivity index (χ0n) is 10.8. The van der Waals surface area contributed by atoms with Crippen LogP contribution >= 0.6 is 0 Å². The van der Waals surface area contributed by atoms with Gasteiger partial charge in [0.05, 0.1) is 6.04 Å². The summed E-state index contributed by atoms with van der Waals surface area (Å²) in [6, 6.07) is -1.62. The third-order valence-electron chi connectivity index (χ3n) is 2.60. The van der Waals surface area contributed by atoms with Gasteiger partial charge >= 0.3 is 5.97 Å². The number of carboxylic acid groups (broad SMARTS) is 1. The van der Waals surface area contributed by atoms with Crippen LogP contribution in [0.25, 0.3) is 0 Å². The number of carbonyl (C=O) groups is 3. The molecule has 8 nitrogen and oxygen atoms in total. The number of carbonyl (C=O) groups excluding carboxylic acids is 2. The maximum atomic E-state index is 11.5. The lowest BCUT2D eigenvalue weighted by Gasteiger charge is -2.11. The SMILES string of the molecule is NC(=O)CCC(N)C(=O)NCCCC[C@H](N)C(=O)O. The van der Waals surface area contributed by atoms with E-state index < -0.39 is 24.0 Å². The van der Waals surface area contributed by atoms with Gasteiger partial charge in [-0.1, -0.05) is 0 Å². The van der Waals surface area contributed by atoms with Crippen molar-refractivity contribution in [3.63, 3.8) is 0 Å². The van der Waals surface area contributed by atoms with E-state index in [1.165, 1.54) is 0 Å². The van der Waals surface area contributed by atoms with Crippen LogP contribution in [0.4, 0.5) is 0 Å². The van der Waals surface area contributed by atoms with Gasteiger partial charge < -0.3 is 27.6 Å². The molecule has 0 aliphatic heterocycles. The van der Waals surface area contributed by atoms with Crippen LogP contribution in [-0.4, -0.2) is 41.5 Å². The van der Waals surface area contributed by atoms with Crippen molar-refractivity contribution >= 4 is 17.8 Å². The second kappa shape index (κ2) is 9.29. The van der Waals surface area contributed by atoms with Crippen LogP contribution in [0.5, 0.6) is 0 Å². The predicted octanol–water partition coefficient (Wildman–Crippen LogP) is -1.72. The molecular weight excluding hydrogens is 252 g/mol. The lowest BCUT2D eigenvalue weighted by molar-refractivity contribution is -0.138. The van der Waals surface area contributed by atoms with E-state index in [2.05, 4.69) is 5.32 Å². The molecule has 8 heteroatoms. The summed E-state index contributed by atoms with van der Waals surface area (Å²) in [6.07, 6.45) is 1.87. The monoisotopic (exact) mass is 274 g/mol. The lowest BCUT2D eigenvalue weighted by atomic mass is 10.1. The van der Waals surface area contributed by atoms with Crippen LogP contribution in [-0.2, 0) is 14.4 Å². The molecule has 0 bridgehead atoms. The molecular formula is C11H22N4O4. The van der Waals surface area contributed by atoms with Crippen molar-refractivity contribution < 1.29 is 19.5 Å². The molecule has 2 atom stereocenters. The first-order chi connectivity index (χ1) is 8.84. The van der Waals surface area contributed by atoms with E-state index in [0.717, 1.165) is 0 Å². The van der Waals surface area contributed by atoms with Crippen molar-refractivity contribution in [1.82, 2.24) is 5.32 Å². The predicted molar refractivity (Wildman–Crippen MR) is 68.9 cm³/mol. The largest absolute Gasteiger partial charge is 0.480 e. The highest BCUT2D eigenvalue weighted by molar-refractivity contribution is 5.82. The fourth-order valence-corrected chi connectivity index (χ4v) is 1.38. The van der Waals surface area contributed by atoms with Crippen molar-refractivity contribution in [2.75, 3.05) is 6.54 Å². The van der Waals surface area contributed by atoms with Gasteiger partial charge in [0, 0.05) is 13.0 Å². The van der Waals surface area contributed by atoms with Crippen molar-refractivity contribution in [2.24, 2.45) is 17.2 Å². The number of primary amides is 1. The van der Waals surface area contributed by atoms with E-state index in [-0.39, 0.29) is 18.7 Å². The van der Waals surface area contributed by atoms with Crippen molar-refractivity contribution in [1.29, 1.82) is 0 Å². The summed E-state index contributed by atoms with van der Waals surface area (Å²) in [5, 5.41) is 11.2. The van der Waals surface area contributed by atoms with Crippen LogP contribution in [0.3, 0.4) is 0 Å². The van der Waals surface area contributed by atoms with Crippen LogP contribution in [0.15, 0.2) is 0 Å². The van der Waals surface area contributed by atoms with Crippen LogP contribution in [0.1, 0.15) is 32.1 Å². The standard InChI is InChI=1S/C11H22N4O4/c12-7(4-5-9(14)16)10(17)15-6-2-1-3-8(13)11(18)19/h7-8H,1-6,12-13H2,(H2,14,16)(H,15,17)(H,18,19)/t7?,8-/m0/s1. The summed E-state index contributed by atoms with van der Waals surface area (Å²) < 4.78 is 0. The van der Waals surface area contributed by atoms with Crippen molar-refractivity contribution in [2.45, 2.75) is 44.2 Å². The molecule has 0 aromatic carbocycles. The first kappa shape index (κ1) is 17.3. The molecule has 1 unspecified atom stereocenters. The average Bonchev–Trinajstić information content (AvgIpc) is 2.34. The summed E-state index contributed by atoms with van der Waals surface area (Å²) in [5.41, 5.74) is 15.8. The Hall–Kier alpha value is -1.67. The molecule has 19 heavy (non-hydrogen) atoms. The normalized spacial score (nSPS) is 13.6. The molecule has 0 aliphatic rings. The molecule has 2 amide bonds. The van der Waals surface area contributed by atoms with Gasteiger partial charge in [0.2, 0.25) is 11.8 Å². The van der Waals surface area contributed by atoms with Gasteiger partial charge in [-0.15, -0.1) is 0 Å². The summed E-state index contributed by atoms with van der Waals surface area (Å²) in [5.74, 6) is -1.87. The topological polar surface area (TPSA) is 162 Å². The summed E-state index contributed by atoms with van der Waals surface area (Å²) in [6.45, 7) is 0.398. The molecule has 0 aliphatic carbocycles. The molecule has 0 heterocycles. The number of rotatable bonds is 10. The number of unbranched alkanes of at least 4 members (excludes halogenated alkanes) is 1. The number of aliphatic carboxylic acids is 1. The van der Waals surface area contributed by atoms with Gasteiger partial charge in [-0.2, -0.15) is 0 Å². The quantitative estimate of drug-likeness (QED) is 0.297. The number of nitrogens with one attached hydrogen (secondary N) is 1. The fraction of sp³-hybridized carbons (Fsp3) is 0.727. The van der Waals surface area contributed by atoms with E-state index in [4.69, 9.17) is 22.3 Å². The molecule has 0 saturated heterocycles. The van der Waals surface area contributed by atoms with Gasteiger partial charge in [-0.3, -0.25) is 14.4 Å². The van der Waals surface area contributed by atoms with Crippen LogP contribution < -0.4 is 22.5 Å². The van der Waals surface area contributed by atoms with Crippen molar-refractivity contribution in [3.8, 4) is 0 Å². The van der Waals surface area contributed by atoms with Gasteiger partial charge in [-0.25, -0.2) is 0 Å². The first-order valence-electron chi connectivity index (χ1n) is 6.14. The van der Waals surface area contributed by atoms with Gasteiger partial charge in [-0.05, 0) is 25.7 Å². The Morgan fingerprint density at radius 3 is 2.21 bits per heavy atom. The minimum Gasteiger partial charge on any atom is -0.480 e. The smallest absolute Gasteiger partial charge is 0.320 e. The number of carboxylic acids is 1. The number of hydrogen-bond donors (Lipinski definition) is 5. The molecule has 0 rings (SSSR count). The Morgan fingerprint density at radius 1 is 1.05 bits per heavy atom. The second-order valence-electron chi connectivity index (χ2n) is 4.34. The average molecular weight is 274 g/mol. The molecule has 0 fully saturated rings. The number of hydrogen-bond acceptors (Lipinski definition) is 5.